The zero-order valence-electron chi connectivity index (χ0n) is 10.1. The molecule has 0 aliphatic rings. The van der Waals surface area contributed by atoms with Gasteiger partial charge < -0.3 is 25.6 Å². The molecule has 0 spiro atoms. The lowest BCUT2D eigenvalue weighted by atomic mass is 10.2. The van der Waals surface area contributed by atoms with Crippen molar-refractivity contribution in [1.29, 1.82) is 0 Å². The predicted molar refractivity (Wildman–Crippen MR) is 60.7 cm³/mol. The Morgan fingerprint density at radius 1 is 1.29 bits per heavy atom. The molecule has 2 amide bonds. The SMILES string of the molecule is COCCC(C)NC(=O)NC(CCO)C(=O)O. The summed E-state index contributed by atoms with van der Waals surface area (Å²) in [5, 5.41) is 22.3. The van der Waals surface area contributed by atoms with Crippen LogP contribution in [0.4, 0.5) is 4.79 Å². The summed E-state index contributed by atoms with van der Waals surface area (Å²) in [5.74, 6) is -1.17. The van der Waals surface area contributed by atoms with Crippen LogP contribution in [0.5, 0.6) is 0 Å². The summed E-state index contributed by atoms with van der Waals surface area (Å²) < 4.78 is 4.85. The van der Waals surface area contributed by atoms with Crippen LogP contribution in [0, 0.1) is 0 Å². The van der Waals surface area contributed by atoms with E-state index in [1.165, 1.54) is 0 Å². The number of hydrogen-bond acceptors (Lipinski definition) is 4. The maximum absolute atomic E-state index is 11.4. The molecule has 100 valence electrons. The van der Waals surface area contributed by atoms with Crippen LogP contribution in [-0.4, -0.2) is 54.6 Å². The molecular formula is C10H20N2O5. The van der Waals surface area contributed by atoms with Gasteiger partial charge in [0, 0.05) is 32.8 Å². The number of amides is 2. The Hall–Kier alpha value is -1.34. The average molecular weight is 248 g/mol. The monoisotopic (exact) mass is 248 g/mol. The molecule has 7 nitrogen and oxygen atoms in total. The third-order valence-corrected chi connectivity index (χ3v) is 2.15. The maximum atomic E-state index is 11.4. The van der Waals surface area contributed by atoms with E-state index < -0.39 is 18.0 Å². The summed E-state index contributed by atoms with van der Waals surface area (Å²) in [6.07, 6.45) is 0.622. The first-order valence-corrected chi connectivity index (χ1v) is 5.40. The summed E-state index contributed by atoms with van der Waals surface area (Å²) in [6, 6.07) is -1.75. The molecule has 17 heavy (non-hydrogen) atoms. The van der Waals surface area contributed by atoms with Crippen LogP contribution in [0.2, 0.25) is 0 Å². The highest BCUT2D eigenvalue weighted by molar-refractivity contribution is 5.82. The topological polar surface area (TPSA) is 108 Å². The van der Waals surface area contributed by atoms with Gasteiger partial charge in [-0.2, -0.15) is 0 Å². The average Bonchev–Trinajstić information content (AvgIpc) is 2.25. The molecule has 0 aromatic rings. The van der Waals surface area contributed by atoms with Crippen molar-refractivity contribution < 1.29 is 24.5 Å². The van der Waals surface area contributed by atoms with Crippen LogP contribution < -0.4 is 10.6 Å². The summed E-state index contributed by atoms with van der Waals surface area (Å²) in [6.45, 7) is 2.01. The number of urea groups is 1. The molecule has 7 heteroatoms. The van der Waals surface area contributed by atoms with Gasteiger partial charge in [-0.05, 0) is 13.3 Å². The Labute approximate surface area is 100 Å². The molecule has 0 aliphatic heterocycles. The zero-order valence-corrected chi connectivity index (χ0v) is 10.1. The van der Waals surface area contributed by atoms with Crippen molar-refractivity contribution in [3.8, 4) is 0 Å². The van der Waals surface area contributed by atoms with Crippen molar-refractivity contribution in [2.24, 2.45) is 0 Å². The van der Waals surface area contributed by atoms with E-state index in [4.69, 9.17) is 14.9 Å². The minimum Gasteiger partial charge on any atom is -0.480 e. The van der Waals surface area contributed by atoms with Crippen LogP contribution in [0.15, 0.2) is 0 Å². The van der Waals surface area contributed by atoms with Gasteiger partial charge in [-0.1, -0.05) is 0 Å². The molecule has 0 heterocycles. The van der Waals surface area contributed by atoms with Crippen LogP contribution in [0.3, 0.4) is 0 Å². The van der Waals surface area contributed by atoms with E-state index in [0.29, 0.717) is 13.0 Å². The maximum Gasteiger partial charge on any atom is 0.326 e. The highest BCUT2D eigenvalue weighted by atomic mass is 16.5. The quantitative estimate of drug-likeness (QED) is 0.465. The fraction of sp³-hybridized carbons (Fsp3) is 0.800. The first-order chi connectivity index (χ1) is 8.01. The lowest BCUT2D eigenvalue weighted by molar-refractivity contribution is -0.139. The minimum absolute atomic E-state index is 0.0186. The van der Waals surface area contributed by atoms with Crippen LogP contribution in [-0.2, 0) is 9.53 Å². The summed E-state index contributed by atoms with van der Waals surface area (Å²) in [7, 11) is 1.56. The smallest absolute Gasteiger partial charge is 0.326 e. The number of nitrogens with one attached hydrogen (secondary N) is 2. The lowest BCUT2D eigenvalue weighted by Crippen LogP contribution is -2.48. The van der Waals surface area contributed by atoms with Crippen molar-refractivity contribution >= 4 is 12.0 Å². The van der Waals surface area contributed by atoms with Gasteiger partial charge in [0.05, 0.1) is 0 Å². The second-order valence-electron chi connectivity index (χ2n) is 3.70. The first kappa shape index (κ1) is 15.7. The molecule has 0 saturated heterocycles. The molecule has 0 fully saturated rings. The van der Waals surface area contributed by atoms with E-state index in [0.717, 1.165) is 0 Å². The van der Waals surface area contributed by atoms with E-state index in [2.05, 4.69) is 10.6 Å². The number of aliphatic hydroxyl groups is 1. The molecule has 0 aromatic carbocycles. The number of rotatable bonds is 8. The summed E-state index contributed by atoms with van der Waals surface area (Å²) >= 11 is 0. The van der Waals surface area contributed by atoms with Crippen LogP contribution in [0.1, 0.15) is 19.8 Å². The Morgan fingerprint density at radius 3 is 2.41 bits per heavy atom. The second-order valence-corrected chi connectivity index (χ2v) is 3.70. The third-order valence-electron chi connectivity index (χ3n) is 2.15. The van der Waals surface area contributed by atoms with Gasteiger partial charge >= 0.3 is 12.0 Å². The van der Waals surface area contributed by atoms with Gasteiger partial charge in [-0.3, -0.25) is 0 Å². The molecular weight excluding hydrogens is 228 g/mol. The molecule has 2 atom stereocenters. The van der Waals surface area contributed by atoms with Crippen molar-refractivity contribution in [3.63, 3.8) is 0 Å². The number of carboxylic acid groups (broad SMARTS) is 1. The van der Waals surface area contributed by atoms with Crippen molar-refractivity contribution in [1.82, 2.24) is 10.6 Å². The standard InChI is InChI=1S/C10H20N2O5/c1-7(4-6-17-2)11-10(16)12-8(3-5-13)9(14)15/h7-8,13H,3-6H2,1-2H3,(H,14,15)(H2,11,12,16). The summed E-state index contributed by atoms with van der Waals surface area (Å²) in [5.41, 5.74) is 0. The van der Waals surface area contributed by atoms with E-state index in [-0.39, 0.29) is 19.1 Å². The van der Waals surface area contributed by atoms with Crippen LogP contribution >= 0.6 is 0 Å². The van der Waals surface area contributed by atoms with Crippen LogP contribution in [0.25, 0.3) is 0 Å². The van der Waals surface area contributed by atoms with Gasteiger partial charge in [0.15, 0.2) is 0 Å². The van der Waals surface area contributed by atoms with Crippen molar-refractivity contribution in [3.05, 3.63) is 0 Å². The molecule has 0 rings (SSSR count). The molecule has 0 aliphatic carbocycles. The minimum atomic E-state index is -1.17. The van der Waals surface area contributed by atoms with Gasteiger partial charge in [-0.25, -0.2) is 9.59 Å². The number of aliphatic carboxylic acids is 1. The van der Waals surface area contributed by atoms with Gasteiger partial charge in [-0.15, -0.1) is 0 Å². The molecule has 0 saturated carbocycles. The molecule has 4 N–H and O–H groups in total. The zero-order chi connectivity index (χ0) is 13.3. The second kappa shape index (κ2) is 8.77. The number of carbonyl (C=O) groups excluding carboxylic acids is 1. The number of carbonyl (C=O) groups is 2. The van der Waals surface area contributed by atoms with Gasteiger partial charge in [0.25, 0.3) is 0 Å². The van der Waals surface area contributed by atoms with Gasteiger partial charge in [0.2, 0.25) is 0 Å². The molecule has 0 radical (unpaired) electrons. The fourth-order valence-electron chi connectivity index (χ4n) is 1.18. The number of methoxy groups -OCH3 is 1. The molecule has 0 bridgehead atoms. The fourth-order valence-corrected chi connectivity index (χ4v) is 1.18. The largest absolute Gasteiger partial charge is 0.480 e. The van der Waals surface area contributed by atoms with Gasteiger partial charge in [0.1, 0.15) is 6.04 Å². The van der Waals surface area contributed by atoms with Crippen molar-refractivity contribution in [2.45, 2.75) is 31.8 Å². The highest BCUT2D eigenvalue weighted by Crippen LogP contribution is 1.94. The first-order valence-electron chi connectivity index (χ1n) is 5.40. The Morgan fingerprint density at radius 2 is 1.94 bits per heavy atom. The Balaban J connectivity index is 4.00. The van der Waals surface area contributed by atoms with E-state index in [1.54, 1.807) is 14.0 Å². The van der Waals surface area contributed by atoms with Crippen molar-refractivity contribution in [2.75, 3.05) is 20.3 Å². The lowest BCUT2D eigenvalue weighted by Gasteiger charge is -2.17. The predicted octanol–water partition coefficient (Wildman–Crippen LogP) is -0.454. The number of aliphatic hydroxyl groups excluding tert-OH is 1. The van der Waals surface area contributed by atoms with E-state index in [9.17, 15) is 9.59 Å². The Kier molecular flexibility index (Phi) is 8.08. The summed E-state index contributed by atoms with van der Waals surface area (Å²) in [4.78, 5) is 22.1. The molecule has 0 aromatic heterocycles. The highest BCUT2D eigenvalue weighted by Gasteiger charge is 2.19. The molecule has 2 unspecified atom stereocenters. The van der Waals surface area contributed by atoms with E-state index >= 15 is 0 Å². The van der Waals surface area contributed by atoms with E-state index in [1.807, 2.05) is 0 Å². The normalized spacial score (nSPS) is 13.8. The third kappa shape index (κ3) is 7.53. The number of ether oxygens (including phenoxy) is 1. The Bertz CT molecular complexity index is 247. The number of carboxylic acids is 1. The number of hydrogen-bond donors (Lipinski definition) is 4.